The molecule has 2 heteroatoms. The highest BCUT2D eigenvalue weighted by Gasteiger charge is 2.17. The highest BCUT2D eigenvalue weighted by atomic mass is 16.4. The normalized spacial score (nSPS) is 12.2. The Hall–Kier alpha value is -1.31. The van der Waals surface area contributed by atoms with Crippen molar-refractivity contribution in [1.82, 2.24) is 0 Å². The summed E-state index contributed by atoms with van der Waals surface area (Å²) in [5.41, 5.74) is 1.13. The molecule has 0 spiro atoms. The first-order chi connectivity index (χ1) is 13.2. The van der Waals surface area contributed by atoms with Gasteiger partial charge < -0.3 is 5.11 Å². The zero-order chi connectivity index (χ0) is 19.6. The summed E-state index contributed by atoms with van der Waals surface area (Å²) in [6.45, 7) is 2.27. The first-order valence-electron chi connectivity index (χ1n) is 11.5. The van der Waals surface area contributed by atoms with E-state index in [1.54, 1.807) is 0 Å². The molecular formula is C25H42O2. The lowest BCUT2D eigenvalue weighted by atomic mass is 9.93. The number of hydrogen-bond donors (Lipinski definition) is 1. The van der Waals surface area contributed by atoms with Crippen molar-refractivity contribution in [1.29, 1.82) is 0 Å². The van der Waals surface area contributed by atoms with Crippen LogP contribution < -0.4 is 0 Å². The molecule has 0 amide bonds. The van der Waals surface area contributed by atoms with E-state index in [1.807, 2.05) is 30.3 Å². The van der Waals surface area contributed by atoms with Gasteiger partial charge in [0.05, 0.1) is 5.92 Å². The monoisotopic (exact) mass is 374 g/mol. The molecule has 0 fully saturated rings. The Labute approximate surface area is 167 Å². The number of benzene rings is 1. The van der Waals surface area contributed by atoms with Crippen LogP contribution in [0.5, 0.6) is 0 Å². The van der Waals surface area contributed by atoms with E-state index < -0.39 is 5.97 Å². The lowest BCUT2D eigenvalue weighted by molar-refractivity contribution is -0.142. The predicted octanol–water partition coefficient (Wildman–Crippen LogP) is 7.80. The standard InChI is InChI=1S/C25H42O2/c1-2-3-4-5-6-7-8-9-10-11-12-13-14-18-21-24(25(26)27)22-23-19-16-15-17-20-23/h15-17,19-20,24H,2-14,18,21-22H2,1H3,(H,26,27). The maximum Gasteiger partial charge on any atom is 0.306 e. The molecule has 1 N–H and O–H groups in total. The van der Waals surface area contributed by atoms with Crippen LogP contribution in [0.3, 0.4) is 0 Å². The average molecular weight is 375 g/mol. The second-order valence-corrected chi connectivity index (χ2v) is 8.11. The summed E-state index contributed by atoms with van der Waals surface area (Å²) in [7, 11) is 0. The smallest absolute Gasteiger partial charge is 0.306 e. The molecule has 0 aliphatic carbocycles. The van der Waals surface area contributed by atoms with E-state index >= 15 is 0 Å². The largest absolute Gasteiger partial charge is 0.481 e. The summed E-state index contributed by atoms with van der Waals surface area (Å²) in [6, 6.07) is 10.0. The lowest BCUT2D eigenvalue weighted by Crippen LogP contribution is -2.16. The van der Waals surface area contributed by atoms with E-state index in [2.05, 4.69) is 6.92 Å². The third-order valence-corrected chi connectivity index (χ3v) is 5.58. The second-order valence-electron chi connectivity index (χ2n) is 8.11. The van der Waals surface area contributed by atoms with Gasteiger partial charge in [-0.3, -0.25) is 4.79 Å². The Morgan fingerprint density at radius 1 is 0.741 bits per heavy atom. The van der Waals surface area contributed by atoms with Gasteiger partial charge in [-0.2, -0.15) is 0 Å². The minimum absolute atomic E-state index is 0.232. The molecule has 0 saturated carbocycles. The molecule has 0 heterocycles. The topological polar surface area (TPSA) is 37.3 Å². The van der Waals surface area contributed by atoms with Crippen LogP contribution in [0, 0.1) is 5.92 Å². The van der Waals surface area contributed by atoms with E-state index in [0.29, 0.717) is 6.42 Å². The van der Waals surface area contributed by atoms with Crippen LogP contribution in [0.1, 0.15) is 109 Å². The van der Waals surface area contributed by atoms with Crippen LogP contribution in [0.25, 0.3) is 0 Å². The number of carbonyl (C=O) groups is 1. The minimum Gasteiger partial charge on any atom is -0.481 e. The predicted molar refractivity (Wildman–Crippen MR) is 116 cm³/mol. The van der Waals surface area contributed by atoms with Crippen molar-refractivity contribution in [3.05, 3.63) is 35.9 Å². The summed E-state index contributed by atoms with van der Waals surface area (Å²) in [6.07, 6.45) is 20.2. The molecule has 0 radical (unpaired) electrons. The van der Waals surface area contributed by atoms with E-state index in [0.717, 1.165) is 18.4 Å². The quantitative estimate of drug-likeness (QED) is 0.266. The zero-order valence-corrected chi connectivity index (χ0v) is 17.6. The van der Waals surface area contributed by atoms with Crippen molar-refractivity contribution in [2.75, 3.05) is 0 Å². The van der Waals surface area contributed by atoms with E-state index in [1.165, 1.54) is 83.5 Å². The van der Waals surface area contributed by atoms with Crippen LogP contribution in [0.4, 0.5) is 0 Å². The highest BCUT2D eigenvalue weighted by Crippen LogP contribution is 2.18. The van der Waals surface area contributed by atoms with Crippen LogP contribution in [0.15, 0.2) is 30.3 Å². The molecule has 1 atom stereocenters. The first kappa shape index (κ1) is 23.7. The Morgan fingerprint density at radius 3 is 1.63 bits per heavy atom. The van der Waals surface area contributed by atoms with Gasteiger partial charge in [0.2, 0.25) is 0 Å². The molecule has 0 aliphatic rings. The zero-order valence-electron chi connectivity index (χ0n) is 17.6. The van der Waals surface area contributed by atoms with Gasteiger partial charge in [-0.1, -0.05) is 127 Å². The number of unbranched alkanes of at least 4 members (excludes halogenated alkanes) is 13. The highest BCUT2D eigenvalue weighted by molar-refractivity contribution is 5.70. The number of rotatable bonds is 18. The van der Waals surface area contributed by atoms with Gasteiger partial charge in [0.1, 0.15) is 0 Å². The molecule has 0 aromatic heterocycles. The summed E-state index contributed by atoms with van der Waals surface area (Å²) >= 11 is 0. The fraction of sp³-hybridized carbons (Fsp3) is 0.720. The third kappa shape index (κ3) is 13.5. The first-order valence-corrected chi connectivity index (χ1v) is 11.5. The Kier molecular flexibility index (Phi) is 14.8. The van der Waals surface area contributed by atoms with Crippen molar-refractivity contribution in [2.45, 2.75) is 110 Å². The van der Waals surface area contributed by atoms with Gasteiger partial charge in [-0.05, 0) is 18.4 Å². The number of hydrogen-bond acceptors (Lipinski definition) is 1. The summed E-state index contributed by atoms with van der Waals surface area (Å²) in [5.74, 6) is -0.877. The molecule has 154 valence electrons. The van der Waals surface area contributed by atoms with Crippen molar-refractivity contribution in [3.8, 4) is 0 Å². The third-order valence-electron chi connectivity index (χ3n) is 5.58. The van der Waals surface area contributed by atoms with Crippen molar-refractivity contribution >= 4 is 5.97 Å². The van der Waals surface area contributed by atoms with Crippen LogP contribution >= 0.6 is 0 Å². The Morgan fingerprint density at radius 2 is 1.19 bits per heavy atom. The minimum atomic E-state index is -0.645. The fourth-order valence-electron chi connectivity index (χ4n) is 3.80. The van der Waals surface area contributed by atoms with Crippen LogP contribution in [0.2, 0.25) is 0 Å². The number of aliphatic carboxylic acids is 1. The molecule has 1 rings (SSSR count). The van der Waals surface area contributed by atoms with Crippen molar-refractivity contribution < 1.29 is 9.90 Å². The second kappa shape index (κ2) is 16.8. The summed E-state index contributed by atoms with van der Waals surface area (Å²) < 4.78 is 0. The number of carboxylic acids is 1. The van der Waals surface area contributed by atoms with Crippen LogP contribution in [-0.4, -0.2) is 11.1 Å². The van der Waals surface area contributed by atoms with Crippen molar-refractivity contribution in [2.24, 2.45) is 5.92 Å². The average Bonchev–Trinajstić information content (AvgIpc) is 2.68. The van der Waals surface area contributed by atoms with E-state index in [4.69, 9.17) is 0 Å². The molecule has 2 nitrogen and oxygen atoms in total. The molecule has 1 aromatic carbocycles. The van der Waals surface area contributed by atoms with E-state index in [9.17, 15) is 9.90 Å². The van der Waals surface area contributed by atoms with Gasteiger partial charge in [0, 0.05) is 0 Å². The molecule has 1 unspecified atom stereocenters. The van der Waals surface area contributed by atoms with Gasteiger partial charge in [0.25, 0.3) is 0 Å². The maximum absolute atomic E-state index is 11.5. The fourth-order valence-corrected chi connectivity index (χ4v) is 3.80. The molecule has 0 bridgehead atoms. The Balaban J connectivity index is 1.93. The van der Waals surface area contributed by atoms with Crippen molar-refractivity contribution in [3.63, 3.8) is 0 Å². The van der Waals surface area contributed by atoms with E-state index in [-0.39, 0.29) is 5.92 Å². The summed E-state index contributed by atoms with van der Waals surface area (Å²) in [5, 5.41) is 9.44. The van der Waals surface area contributed by atoms with Gasteiger partial charge >= 0.3 is 5.97 Å². The maximum atomic E-state index is 11.5. The van der Waals surface area contributed by atoms with Gasteiger partial charge in [-0.15, -0.1) is 0 Å². The molecular weight excluding hydrogens is 332 g/mol. The van der Waals surface area contributed by atoms with Gasteiger partial charge in [-0.25, -0.2) is 0 Å². The molecule has 0 saturated heterocycles. The summed E-state index contributed by atoms with van der Waals surface area (Å²) in [4.78, 5) is 11.5. The molecule has 1 aromatic rings. The molecule has 0 aliphatic heterocycles. The molecule has 27 heavy (non-hydrogen) atoms. The van der Waals surface area contributed by atoms with Crippen LogP contribution in [-0.2, 0) is 11.2 Å². The van der Waals surface area contributed by atoms with Gasteiger partial charge in [0.15, 0.2) is 0 Å². The lowest BCUT2D eigenvalue weighted by Gasteiger charge is -2.12. The SMILES string of the molecule is CCCCCCCCCCCCCCCCC(Cc1ccccc1)C(=O)O. The Bertz CT molecular complexity index is 455. The number of carboxylic acid groups (broad SMARTS) is 1.